The summed E-state index contributed by atoms with van der Waals surface area (Å²) in [5, 5.41) is 5.57. The van der Waals surface area contributed by atoms with E-state index in [2.05, 4.69) is 10.6 Å². The summed E-state index contributed by atoms with van der Waals surface area (Å²) in [5.41, 5.74) is 1.87. The van der Waals surface area contributed by atoms with Gasteiger partial charge < -0.3 is 15.5 Å². The third-order valence-electron chi connectivity index (χ3n) is 3.07. The lowest BCUT2D eigenvalue weighted by molar-refractivity contribution is -0.122. The average Bonchev–Trinajstić information content (AvgIpc) is 2.78. The number of hydrogen-bond donors (Lipinski definition) is 2. The van der Waals surface area contributed by atoms with Gasteiger partial charge in [0.2, 0.25) is 11.8 Å². The van der Waals surface area contributed by atoms with Crippen molar-refractivity contribution in [3.63, 3.8) is 0 Å². The lowest BCUT2D eigenvalue weighted by atomic mass is 10.1. The third-order valence-corrected chi connectivity index (χ3v) is 3.07. The van der Waals surface area contributed by atoms with Crippen LogP contribution in [0.4, 0.5) is 5.69 Å². The summed E-state index contributed by atoms with van der Waals surface area (Å²) in [5.74, 6) is -0.196. The van der Waals surface area contributed by atoms with E-state index in [1.54, 1.807) is 0 Å². The lowest BCUT2D eigenvalue weighted by Gasteiger charge is -2.16. The van der Waals surface area contributed by atoms with Gasteiger partial charge >= 0.3 is 0 Å². The molecule has 0 saturated carbocycles. The van der Waals surface area contributed by atoms with Crippen molar-refractivity contribution in [2.75, 3.05) is 19.4 Å². The summed E-state index contributed by atoms with van der Waals surface area (Å²) in [7, 11) is 3.96. The molecule has 1 fully saturated rings. The zero-order chi connectivity index (χ0) is 13.8. The number of amides is 2. The van der Waals surface area contributed by atoms with E-state index in [-0.39, 0.29) is 11.8 Å². The van der Waals surface area contributed by atoms with Gasteiger partial charge in [-0.3, -0.25) is 9.59 Å². The third kappa shape index (κ3) is 3.54. The van der Waals surface area contributed by atoms with Crippen molar-refractivity contribution in [3.05, 3.63) is 29.8 Å². The van der Waals surface area contributed by atoms with Crippen molar-refractivity contribution < 1.29 is 9.59 Å². The molecule has 1 aromatic carbocycles. The second kappa shape index (κ2) is 5.84. The summed E-state index contributed by atoms with van der Waals surface area (Å²) in [6.07, 6.45) is 0.998. The minimum Gasteiger partial charge on any atom is -0.344 e. The molecule has 5 nitrogen and oxygen atoms in total. The Hall–Kier alpha value is -1.88. The average molecular weight is 261 g/mol. The molecule has 1 atom stereocenters. The first-order valence-corrected chi connectivity index (χ1v) is 6.39. The van der Waals surface area contributed by atoms with Crippen molar-refractivity contribution in [2.24, 2.45) is 0 Å². The number of anilines is 1. The molecule has 1 heterocycles. The fraction of sp³-hybridized carbons (Fsp3) is 0.429. The highest BCUT2D eigenvalue weighted by atomic mass is 16.2. The smallest absolute Gasteiger partial charge is 0.246 e. The Balaban J connectivity index is 2.06. The van der Waals surface area contributed by atoms with Crippen LogP contribution in [0, 0.1) is 0 Å². The second-order valence-corrected chi connectivity index (χ2v) is 5.04. The summed E-state index contributed by atoms with van der Waals surface area (Å²) >= 11 is 0. The number of para-hydroxylation sites is 1. The van der Waals surface area contributed by atoms with Gasteiger partial charge in [0.05, 0.1) is 0 Å². The van der Waals surface area contributed by atoms with E-state index >= 15 is 0 Å². The fourth-order valence-electron chi connectivity index (χ4n) is 2.15. The number of carbonyl (C=O) groups excluding carboxylic acids is 2. The van der Waals surface area contributed by atoms with Crippen molar-refractivity contribution in [2.45, 2.75) is 25.4 Å². The van der Waals surface area contributed by atoms with Gasteiger partial charge in [0.1, 0.15) is 6.04 Å². The largest absolute Gasteiger partial charge is 0.344 e. The van der Waals surface area contributed by atoms with E-state index in [0.29, 0.717) is 12.8 Å². The lowest BCUT2D eigenvalue weighted by Crippen LogP contribution is -2.37. The molecule has 1 saturated heterocycles. The van der Waals surface area contributed by atoms with Crippen LogP contribution in [0.1, 0.15) is 18.4 Å². The minimum absolute atomic E-state index is 0.0540. The van der Waals surface area contributed by atoms with Crippen LogP contribution >= 0.6 is 0 Å². The molecule has 1 unspecified atom stereocenters. The molecule has 0 aromatic heterocycles. The molecule has 102 valence electrons. The Bertz CT molecular complexity index is 485. The number of rotatable bonds is 4. The topological polar surface area (TPSA) is 61.4 Å². The van der Waals surface area contributed by atoms with Crippen molar-refractivity contribution >= 4 is 17.5 Å². The number of nitrogens with one attached hydrogen (secondary N) is 2. The SMILES string of the molecule is CN(C)Cc1ccccc1NC(=O)C1CCC(=O)N1. The number of benzene rings is 1. The number of nitrogens with zero attached hydrogens (tertiary/aromatic N) is 1. The van der Waals surface area contributed by atoms with Gasteiger partial charge in [0.25, 0.3) is 0 Å². The van der Waals surface area contributed by atoms with E-state index in [1.807, 2.05) is 43.3 Å². The predicted molar refractivity (Wildman–Crippen MR) is 73.6 cm³/mol. The fourth-order valence-corrected chi connectivity index (χ4v) is 2.15. The Labute approximate surface area is 113 Å². The Kier molecular flexibility index (Phi) is 4.16. The molecule has 0 bridgehead atoms. The molecule has 2 amide bonds. The normalized spacial score (nSPS) is 18.5. The maximum Gasteiger partial charge on any atom is 0.246 e. The van der Waals surface area contributed by atoms with E-state index < -0.39 is 6.04 Å². The first-order valence-electron chi connectivity index (χ1n) is 6.39. The van der Waals surface area contributed by atoms with Gasteiger partial charge in [-0.05, 0) is 32.1 Å². The molecule has 2 rings (SSSR count). The van der Waals surface area contributed by atoms with Gasteiger partial charge in [-0.1, -0.05) is 18.2 Å². The van der Waals surface area contributed by atoms with Crippen LogP contribution in [0.25, 0.3) is 0 Å². The summed E-state index contributed by atoms with van der Waals surface area (Å²) < 4.78 is 0. The van der Waals surface area contributed by atoms with Crippen LogP contribution in [-0.4, -0.2) is 36.9 Å². The maximum absolute atomic E-state index is 12.1. The van der Waals surface area contributed by atoms with E-state index in [9.17, 15) is 9.59 Å². The monoisotopic (exact) mass is 261 g/mol. The second-order valence-electron chi connectivity index (χ2n) is 5.04. The first kappa shape index (κ1) is 13.5. The summed E-state index contributed by atoms with van der Waals surface area (Å²) in [6, 6.07) is 7.31. The summed E-state index contributed by atoms with van der Waals surface area (Å²) in [4.78, 5) is 25.2. The molecule has 1 aromatic rings. The highest BCUT2D eigenvalue weighted by molar-refractivity contribution is 5.99. The molecule has 1 aliphatic heterocycles. The Morgan fingerprint density at radius 2 is 2.16 bits per heavy atom. The van der Waals surface area contributed by atoms with Crippen LogP contribution in [-0.2, 0) is 16.1 Å². The van der Waals surface area contributed by atoms with Crippen molar-refractivity contribution in [3.8, 4) is 0 Å². The maximum atomic E-state index is 12.1. The summed E-state index contributed by atoms with van der Waals surface area (Å²) in [6.45, 7) is 0.757. The van der Waals surface area contributed by atoms with Crippen LogP contribution < -0.4 is 10.6 Å². The van der Waals surface area contributed by atoms with Gasteiger partial charge in [-0.25, -0.2) is 0 Å². The van der Waals surface area contributed by atoms with Crippen molar-refractivity contribution in [1.82, 2.24) is 10.2 Å². The number of carbonyl (C=O) groups is 2. The molecule has 0 radical (unpaired) electrons. The van der Waals surface area contributed by atoms with E-state index in [0.717, 1.165) is 17.8 Å². The Morgan fingerprint density at radius 1 is 1.42 bits per heavy atom. The quantitative estimate of drug-likeness (QED) is 0.849. The van der Waals surface area contributed by atoms with Crippen molar-refractivity contribution in [1.29, 1.82) is 0 Å². The van der Waals surface area contributed by atoms with Crippen LogP contribution in [0.3, 0.4) is 0 Å². The minimum atomic E-state index is -0.403. The first-order chi connectivity index (χ1) is 9.06. The molecule has 5 heteroatoms. The highest BCUT2D eigenvalue weighted by Gasteiger charge is 2.27. The van der Waals surface area contributed by atoms with Gasteiger partial charge in [-0.15, -0.1) is 0 Å². The zero-order valence-corrected chi connectivity index (χ0v) is 11.3. The highest BCUT2D eigenvalue weighted by Crippen LogP contribution is 2.18. The van der Waals surface area contributed by atoms with E-state index in [4.69, 9.17) is 0 Å². The van der Waals surface area contributed by atoms with Crippen LogP contribution in [0.15, 0.2) is 24.3 Å². The molecule has 0 aliphatic carbocycles. The molecular formula is C14H19N3O2. The molecular weight excluding hydrogens is 242 g/mol. The van der Waals surface area contributed by atoms with Crippen LogP contribution in [0.2, 0.25) is 0 Å². The zero-order valence-electron chi connectivity index (χ0n) is 11.3. The molecule has 19 heavy (non-hydrogen) atoms. The van der Waals surface area contributed by atoms with Gasteiger partial charge in [-0.2, -0.15) is 0 Å². The Morgan fingerprint density at radius 3 is 2.79 bits per heavy atom. The molecule has 2 N–H and O–H groups in total. The predicted octanol–water partition coefficient (Wildman–Crippen LogP) is 0.965. The van der Waals surface area contributed by atoms with Gasteiger partial charge in [0, 0.05) is 18.7 Å². The standard InChI is InChI=1S/C14H19N3O2/c1-17(2)9-10-5-3-4-6-11(10)16-14(19)12-7-8-13(18)15-12/h3-6,12H,7-9H2,1-2H3,(H,15,18)(H,16,19). The number of hydrogen-bond acceptors (Lipinski definition) is 3. The van der Waals surface area contributed by atoms with Crippen LogP contribution in [0.5, 0.6) is 0 Å². The van der Waals surface area contributed by atoms with E-state index in [1.165, 1.54) is 0 Å². The van der Waals surface area contributed by atoms with Gasteiger partial charge in [0.15, 0.2) is 0 Å². The molecule has 1 aliphatic rings. The molecule has 0 spiro atoms.